The van der Waals surface area contributed by atoms with Gasteiger partial charge in [-0.2, -0.15) is 0 Å². The van der Waals surface area contributed by atoms with Gasteiger partial charge in [0.1, 0.15) is 0 Å². The van der Waals surface area contributed by atoms with Crippen LogP contribution in [0.3, 0.4) is 0 Å². The van der Waals surface area contributed by atoms with Crippen molar-refractivity contribution in [1.82, 2.24) is 4.90 Å². The summed E-state index contributed by atoms with van der Waals surface area (Å²) in [6, 6.07) is 10.1. The summed E-state index contributed by atoms with van der Waals surface area (Å²) < 4.78 is 0. The predicted molar refractivity (Wildman–Crippen MR) is 75.0 cm³/mol. The number of hydrogen-bond donors (Lipinski definition) is 0. The maximum absolute atomic E-state index is 6.43. The van der Waals surface area contributed by atoms with Crippen molar-refractivity contribution in [1.29, 1.82) is 0 Å². The smallest absolute Gasteiger partial charge is 0.0761 e. The fourth-order valence-electron chi connectivity index (χ4n) is 2.33. The van der Waals surface area contributed by atoms with Crippen LogP contribution in [0.2, 0.25) is 0 Å². The molecule has 1 fully saturated rings. The number of piperidine rings is 1. The highest BCUT2D eigenvalue weighted by Gasteiger charge is 2.22. The Balaban J connectivity index is 1.88. The number of hydrogen-bond acceptors (Lipinski definition) is 1. The maximum Gasteiger partial charge on any atom is 0.0761 e. The Hall–Kier alpha value is -0.240. The highest BCUT2D eigenvalue weighted by atomic mass is 35.5. The molecule has 0 saturated carbocycles. The molecule has 0 aliphatic carbocycles. The molecule has 2 rings (SSSR count). The second-order valence-electron chi connectivity index (χ2n) is 4.69. The molecule has 94 valence electrons. The van der Waals surface area contributed by atoms with Crippen molar-refractivity contribution >= 4 is 23.2 Å². The third-order valence-electron chi connectivity index (χ3n) is 3.32. The van der Waals surface area contributed by atoms with Crippen LogP contribution in [0.5, 0.6) is 0 Å². The Kier molecular flexibility index (Phi) is 5.15. The zero-order valence-electron chi connectivity index (χ0n) is 9.99. The van der Waals surface area contributed by atoms with E-state index < -0.39 is 0 Å². The van der Waals surface area contributed by atoms with Gasteiger partial charge >= 0.3 is 0 Å². The summed E-state index contributed by atoms with van der Waals surface area (Å²) in [6.07, 6.45) is 3.94. The van der Waals surface area contributed by atoms with Crippen LogP contribution in [0.25, 0.3) is 0 Å². The van der Waals surface area contributed by atoms with Gasteiger partial charge in [0.2, 0.25) is 0 Å². The molecule has 0 N–H and O–H groups in total. The lowest BCUT2D eigenvalue weighted by Gasteiger charge is -2.29. The first kappa shape index (κ1) is 13.2. The summed E-state index contributed by atoms with van der Waals surface area (Å²) >= 11 is 12.8. The lowest BCUT2D eigenvalue weighted by molar-refractivity contribution is 0.227. The van der Waals surface area contributed by atoms with Crippen LogP contribution in [0, 0.1) is 0 Å². The van der Waals surface area contributed by atoms with Gasteiger partial charge in [-0.1, -0.05) is 36.8 Å². The van der Waals surface area contributed by atoms with Gasteiger partial charge in [0.15, 0.2) is 0 Å². The standard InChI is InChI=1S/C14H19Cl2N/c15-13(11-17-9-5-2-6-10-17)14(16)12-7-3-1-4-8-12/h1,3-4,7-8,13-14H,2,5-6,9-11H2/t13-,14-/m0/s1. The summed E-state index contributed by atoms with van der Waals surface area (Å²) in [5.41, 5.74) is 1.12. The highest BCUT2D eigenvalue weighted by Crippen LogP contribution is 2.28. The van der Waals surface area contributed by atoms with Gasteiger partial charge in [-0.25, -0.2) is 0 Å². The molecule has 1 aromatic carbocycles. The van der Waals surface area contributed by atoms with Crippen molar-refractivity contribution in [2.24, 2.45) is 0 Å². The topological polar surface area (TPSA) is 3.24 Å². The van der Waals surface area contributed by atoms with Gasteiger partial charge in [0.05, 0.1) is 10.8 Å². The van der Waals surface area contributed by atoms with Crippen LogP contribution in [-0.2, 0) is 0 Å². The van der Waals surface area contributed by atoms with Gasteiger partial charge in [0, 0.05) is 6.54 Å². The molecule has 1 heterocycles. The SMILES string of the molecule is Cl[C@@H](CN1CCCCC1)[C@@H](Cl)c1ccccc1. The molecule has 17 heavy (non-hydrogen) atoms. The van der Waals surface area contributed by atoms with Gasteiger partial charge in [-0.05, 0) is 31.5 Å². The molecule has 0 bridgehead atoms. The minimum absolute atomic E-state index is 0.0165. The Labute approximate surface area is 114 Å². The monoisotopic (exact) mass is 271 g/mol. The molecule has 0 spiro atoms. The molecule has 3 heteroatoms. The summed E-state index contributed by atoms with van der Waals surface area (Å²) in [5.74, 6) is 0. The largest absolute Gasteiger partial charge is 0.302 e. The predicted octanol–water partition coefficient (Wildman–Crippen LogP) is 4.06. The number of halogens is 2. The summed E-state index contributed by atoms with van der Waals surface area (Å²) in [4.78, 5) is 2.43. The average Bonchev–Trinajstić information content (AvgIpc) is 2.40. The Morgan fingerprint density at radius 1 is 1.00 bits per heavy atom. The first-order valence-corrected chi connectivity index (χ1v) is 7.20. The Morgan fingerprint density at radius 3 is 2.29 bits per heavy atom. The quantitative estimate of drug-likeness (QED) is 0.747. The Bertz CT molecular complexity index is 322. The second kappa shape index (κ2) is 6.63. The molecule has 0 aromatic heterocycles. The Morgan fingerprint density at radius 2 is 1.65 bits per heavy atom. The lowest BCUT2D eigenvalue weighted by atomic mass is 10.1. The summed E-state index contributed by atoms with van der Waals surface area (Å²) in [7, 11) is 0. The molecular formula is C14H19Cl2N. The number of benzene rings is 1. The van der Waals surface area contributed by atoms with E-state index in [9.17, 15) is 0 Å². The summed E-state index contributed by atoms with van der Waals surface area (Å²) in [5, 5.41) is -0.114. The average molecular weight is 272 g/mol. The van der Waals surface area contributed by atoms with Gasteiger partial charge < -0.3 is 4.90 Å². The van der Waals surface area contributed by atoms with Crippen molar-refractivity contribution in [2.45, 2.75) is 30.0 Å². The van der Waals surface area contributed by atoms with Gasteiger partial charge in [-0.3, -0.25) is 0 Å². The van der Waals surface area contributed by atoms with Crippen LogP contribution in [-0.4, -0.2) is 29.9 Å². The third-order valence-corrected chi connectivity index (χ3v) is 4.39. The number of rotatable bonds is 4. The van der Waals surface area contributed by atoms with Crippen molar-refractivity contribution in [3.8, 4) is 0 Å². The molecule has 1 aliphatic heterocycles. The number of likely N-dealkylation sites (tertiary alicyclic amines) is 1. The van der Waals surface area contributed by atoms with E-state index in [0.29, 0.717) is 0 Å². The van der Waals surface area contributed by atoms with Crippen molar-refractivity contribution in [3.63, 3.8) is 0 Å². The van der Waals surface area contributed by atoms with Crippen LogP contribution in [0.4, 0.5) is 0 Å². The third kappa shape index (κ3) is 3.87. The zero-order chi connectivity index (χ0) is 12.1. The van der Waals surface area contributed by atoms with Gasteiger partial charge in [-0.15, -0.1) is 23.2 Å². The molecular weight excluding hydrogens is 253 g/mol. The van der Waals surface area contributed by atoms with E-state index in [-0.39, 0.29) is 10.8 Å². The minimum Gasteiger partial charge on any atom is -0.302 e. The molecule has 0 radical (unpaired) electrons. The van der Waals surface area contributed by atoms with Crippen LogP contribution in [0.15, 0.2) is 30.3 Å². The molecule has 1 aliphatic rings. The molecule has 1 saturated heterocycles. The van der Waals surface area contributed by atoms with E-state index in [0.717, 1.165) is 12.1 Å². The van der Waals surface area contributed by atoms with Crippen molar-refractivity contribution in [2.75, 3.05) is 19.6 Å². The number of nitrogens with zero attached hydrogens (tertiary/aromatic N) is 1. The van der Waals surface area contributed by atoms with E-state index in [1.165, 1.54) is 32.4 Å². The molecule has 0 amide bonds. The van der Waals surface area contributed by atoms with Crippen molar-refractivity contribution < 1.29 is 0 Å². The van der Waals surface area contributed by atoms with Crippen LogP contribution >= 0.6 is 23.2 Å². The number of alkyl halides is 2. The molecule has 0 unspecified atom stereocenters. The highest BCUT2D eigenvalue weighted by molar-refractivity contribution is 6.30. The molecule has 2 atom stereocenters. The minimum atomic E-state index is -0.0974. The van der Waals surface area contributed by atoms with E-state index >= 15 is 0 Å². The van der Waals surface area contributed by atoms with E-state index in [1.54, 1.807) is 0 Å². The second-order valence-corrected chi connectivity index (χ2v) is 5.72. The van der Waals surface area contributed by atoms with E-state index in [2.05, 4.69) is 4.90 Å². The summed E-state index contributed by atoms with van der Waals surface area (Å²) in [6.45, 7) is 3.23. The van der Waals surface area contributed by atoms with Crippen LogP contribution < -0.4 is 0 Å². The molecule has 1 aromatic rings. The maximum atomic E-state index is 6.43. The van der Waals surface area contributed by atoms with E-state index in [4.69, 9.17) is 23.2 Å². The van der Waals surface area contributed by atoms with Crippen molar-refractivity contribution in [3.05, 3.63) is 35.9 Å². The van der Waals surface area contributed by atoms with E-state index in [1.807, 2.05) is 30.3 Å². The fourth-order valence-corrected chi connectivity index (χ4v) is 2.89. The molecule has 1 nitrogen and oxygen atoms in total. The normalized spacial score (nSPS) is 21.1. The first-order valence-electron chi connectivity index (χ1n) is 6.33. The fraction of sp³-hybridized carbons (Fsp3) is 0.571. The first-order chi connectivity index (χ1) is 8.27. The lowest BCUT2D eigenvalue weighted by Crippen LogP contribution is -2.35. The zero-order valence-corrected chi connectivity index (χ0v) is 11.5. The van der Waals surface area contributed by atoms with Gasteiger partial charge in [0.25, 0.3) is 0 Å². The van der Waals surface area contributed by atoms with Crippen LogP contribution in [0.1, 0.15) is 30.2 Å².